The third kappa shape index (κ3) is 27.8. The van der Waals surface area contributed by atoms with Gasteiger partial charge in [0.2, 0.25) is 27.7 Å². The molecule has 6 unspecified atom stereocenters. The Labute approximate surface area is 611 Å². The molecule has 6 atom stereocenters. The molecular weight excluding hydrogens is 1340 g/mol. The Kier molecular flexibility index (Phi) is 42.7. The average molecular weight is 1480 g/mol. The van der Waals surface area contributed by atoms with Crippen LogP contribution < -0.4 is 62.2 Å². The fourth-order valence-corrected chi connectivity index (χ4v) is 19.6. The topological polar surface area (TPSA) is 386 Å². The number of nitrogens with one attached hydrogen (secondary N) is 2. The minimum absolute atomic E-state index is 0.0586. The molecule has 98 heavy (non-hydrogen) atoms. The van der Waals surface area contributed by atoms with Gasteiger partial charge < -0.3 is 71.7 Å². The first-order valence-corrected chi connectivity index (χ1v) is 43.0. The molecule has 4 amide bonds. The molecule has 0 bridgehead atoms. The van der Waals surface area contributed by atoms with Crippen molar-refractivity contribution < 1.29 is 37.1 Å². The summed E-state index contributed by atoms with van der Waals surface area (Å²) in [5.74, 6) is 7.93. The van der Waals surface area contributed by atoms with Gasteiger partial charge >= 0.3 is 6.09 Å². The SMILES string of the molecule is CCC1(CN)CC(=O)N(C(=O)OCc2ccccc2)C1.CCC1(CN)CCC(=O)N1.CCC1(CN)CCC(OC)CC1.CCC1(CN)CCCS1.CCC1(CN)CCNC1=O.CCC1(CN)CCS1.CCC1(CN)CCSC1.CCC1(CN)CN(S(C)(=O)=O)C1.CCC1(CN)CSC1. The summed E-state index contributed by atoms with van der Waals surface area (Å²) in [7, 11) is -1.17. The second-order valence-corrected chi connectivity index (χ2v) is 36.2. The van der Waals surface area contributed by atoms with Crippen LogP contribution in [0.1, 0.15) is 203 Å². The van der Waals surface area contributed by atoms with Crippen molar-refractivity contribution in [3.63, 3.8) is 0 Å². The van der Waals surface area contributed by atoms with E-state index in [9.17, 15) is 27.6 Å². The van der Waals surface area contributed by atoms with Crippen LogP contribution in [0, 0.1) is 32.5 Å². The van der Waals surface area contributed by atoms with E-state index in [1.807, 2.05) is 81.7 Å². The maximum absolute atomic E-state index is 12.0. The van der Waals surface area contributed by atoms with Crippen LogP contribution in [-0.2, 0) is 40.5 Å². The van der Waals surface area contributed by atoms with Gasteiger partial charge in [0.1, 0.15) is 6.61 Å². The molecule has 26 heteroatoms. The Morgan fingerprint density at radius 2 is 1.09 bits per heavy atom. The van der Waals surface area contributed by atoms with E-state index in [4.69, 9.17) is 61.1 Å². The highest BCUT2D eigenvalue weighted by Crippen LogP contribution is 2.44. The first kappa shape index (κ1) is 92.1. The number of benzene rings is 1. The second kappa shape index (κ2) is 45.4. The summed E-state index contributed by atoms with van der Waals surface area (Å²) in [4.78, 5) is 47.1. The van der Waals surface area contributed by atoms with Crippen LogP contribution in [0.2, 0.25) is 0 Å². The third-order valence-electron chi connectivity index (χ3n) is 23.4. The summed E-state index contributed by atoms with van der Waals surface area (Å²) in [5, 5.41) is 5.70. The molecule has 9 fully saturated rings. The van der Waals surface area contributed by atoms with Crippen LogP contribution in [0.4, 0.5) is 4.79 Å². The van der Waals surface area contributed by atoms with E-state index in [2.05, 4.69) is 75.7 Å². The van der Waals surface area contributed by atoms with Gasteiger partial charge in [0, 0.05) is 128 Å². The van der Waals surface area contributed by atoms with E-state index in [1.165, 1.54) is 133 Å². The van der Waals surface area contributed by atoms with Crippen molar-refractivity contribution in [1.29, 1.82) is 0 Å². The molecule has 9 aliphatic rings. The summed E-state index contributed by atoms with van der Waals surface area (Å²) >= 11 is 8.16. The number of ether oxygens (including phenoxy) is 2. The quantitative estimate of drug-likeness (QED) is 0.0516. The zero-order valence-corrected chi connectivity index (χ0v) is 66.9. The minimum atomic E-state index is -2.98. The highest BCUT2D eigenvalue weighted by atomic mass is 32.2. The lowest BCUT2D eigenvalue weighted by Gasteiger charge is -2.47. The maximum Gasteiger partial charge on any atom is 0.416 e. The minimum Gasteiger partial charge on any atom is -0.444 e. The standard InChI is InChI=1S/C15H20N2O3.C10H21NO.C7H16N2O2S.2C7H14N2O.2C7H15NS.2C6H13NS/c1-2-15(10-16)8-13(18)17(11-15)14(19)20-9-12-6-4-3-5-7-12;1-3-10(8-11)6-4-9(12-2)5-7-10;1-3-7(4-8)5-9(6-7)12(2,10)11;1-2-7(5-8)3-4-9-6(7)10;1-2-7(5-8)4-3-6(10)9-7;1-2-7(5-8)3-4-9-6-7;1-2-7(6-8)4-3-5-9-7;1-2-6(3-7)4-8-5-6;1-2-6(5-7)3-4-8-6/h3-7H,2,8-11,16H2,1H3;9H,3-8,11H2,1-2H3;3-6,8H2,1-2H3;2*2-5,8H2,1H3,(H,9,10);2*2-6,8H2,1H3;2*2-5,7H2,1H3. The number of carbonyl (C=O) groups excluding carboxylic acids is 4. The molecule has 8 heterocycles. The van der Waals surface area contributed by atoms with E-state index in [0.717, 1.165) is 83.4 Å². The van der Waals surface area contributed by atoms with Crippen LogP contribution >= 0.6 is 47.0 Å². The molecule has 1 aromatic carbocycles. The van der Waals surface area contributed by atoms with E-state index in [0.29, 0.717) is 90.5 Å². The Hall–Kier alpha value is -1.99. The maximum atomic E-state index is 12.0. The Balaban J connectivity index is 0.000000381. The van der Waals surface area contributed by atoms with Crippen molar-refractivity contribution in [3.8, 4) is 0 Å². The van der Waals surface area contributed by atoms with Gasteiger partial charge in [-0.05, 0) is 175 Å². The van der Waals surface area contributed by atoms with Crippen molar-refractivity contribution >= 4 is 80.9 Å². The summed E-state index contributed by atoms with van der Waals surface area (Å²) in [5.41, 5.74) is 52.4. The van der Waals surface area contributed by atoms with Crippen LogP contribution in [0.3, 0.4) is 0 Å². The summed E-state index contributed by atoms with van der Waals surface area (Å²) in [6.07, 6.45) is 24.0. The van der Waals surface area contributed by atoms with Crippen LogP contribution in [-0.4, -0.2) is 196 Å². The summed E-state index contributed by atoms with van der Waals surface area (Å²) in [6, 6.07) is 9.39. The molecule has 1 saturated carbocycles. The highest BCUT2D eigenvalue weighted by molar-refractivity contribution is 8.02. The van der Waals surface area contributed by atoms with Crippen LogP contribution in [0.25, 0.3) is 0 Å². The van der Waals surface area contributed by atoms with Gasteiger partial charge in [-0.25, -0.2) is 22.4 Å². The Morgan fingerprint density at radius 1 is 0.561 bits per heavy atom. The fourth-order valence-electron chi connectivity index (χ4n) is 13.1. The van der Waals surface area contributed by atoms with Crippen molar-refractivity contribution in [2.75, 3.05) is 133 Å². The van der Waals surface area contributed by atoms with Crippen LogP contribution in [0.15, 0.2) is 30.3 Å². The van der Waals surface area contributed by atoms with Crippen molar-refractivity contribution in [3.05, 3.63) is 35.9 Å². The first-order valence-electron chi connectivity index (χ1n) is 36.9. The number of hydrogen-bond donors (Lipinski definition) is 11. The molecular formula is C72H141N13O8S5. The van der Waals surface area contributed by atoms with Crippen molar-refractivity contribution in [2.45, 2.75) is 225 Å². The molecule has 0 radical (unpaired) electrons. The molecule has 20 N–H and O–H groups in total. The van der Waals surface area contributed by atoms with Crippen molar-refractivity contribution in [1.82, 2.24) is 19.8 Å². The van der Waals surface area contributed by atoms with Gasteiger partial charge in [-0.3, -0.25) is 14.4 Å². The monoisotopic (exact) mass is 1480 g/mol. The van der Waals surface area contributed by atoms with Gasteiger partial charge in [-0.1, -0.05) is 92.6 Å². The molecule has 572 valence electrons. The molecule has 21 nitrogen and oxygen atoms in total. The van der Waals surface area contributed by atoms with Crippen LogP contribution in [0.5, 0.6) is 0 Å². The lowest BCUT2D eigenvalue weighted by atomic mass is 9.71. The summed E-state index contributed by atoms with van der Waals surface area (Å²) in [6.45, 7) is 28.2. The fraction of sp³-hybridized carbons (Fsp3) is 0.861. The Bertz CT molecular complexity index is 2400. The first-order chi connectivity index (χ1) is 46.6. The predicted molar refractivity (Wildman–Crippen MR) is 419 cm³/mol. The molecule has 8 aliphatic heterocycles. The lowest BCUT2D eigenvalue weighted by Crippen LogP contribution is -2.60. The zero-order valence-electron chi connectivity index (χ0n) is 62.9. The number of hydrogen-bond acceptors (Lipinski definition) is 21. The smallest absolute Gasteiger partial charge is 0.416 e. The normalized spacial score (nSPS) is 30.0. The van der Waals surface area contributed by atoms with E-state index >= 15 is 0 Å². The molecule has 1 aromatic rings. The number of thioether (sulfide) groups is 4. The zero-order chi connectivity index (χ0) is 73.8. The largest absolute Gasteiger partial charge is 0.444 e. The number of amides is 4. The molecule has 10 rings (SSSR count). The van der Waals surface area contributed by atoms with Crippen molar-refractivity contribution in [2.24, 2.45) is 84.1 Å². The summed E-state index contributed by atoms with van der Waals surface area (Å²) < 4.78 is 35.0. The van der Waals surface area contributed by atoms with Gasteiger partial charge in [0.15, 0.2) is 0 Å². The number of nitrogens with two attached hydrogens (primary N) is 9. The lowest BCUT2D eigenvalue weighted by molar-refractivity contribution is -0.127. The number of sulfonamides is 1. The van der Waals surface area contributed by atoms with E-state index in [-0.39, 0.29) is 46.1 Å². The number of imide groups is 1. The Morgan fingerprint density at radius 3 is 1.36 bits per heavy atom. The second-order valence-electron chi connectivity index (χ2n) is 29.0. The molecule has 0 aromatic heterocycles. The predicted octanol–water partition coefficient (Wildman–Crippen LogP) is 8.74. The molecule has 1 aliphatic carbocycles. The average Bonchev–Trinajstić information content (AvgIpc) is 1.15. The third-order valence-corrected chi connectivity index (χ3v) is 31.0. The van der Waals surface area contributed by atoms with Gasteiger partial charge in [-0.15, -0.1) is 0 Å². The number of nitrogens with zero attached hydrogens (tertiary/aromatic N) is 2. The van der Waals surface area contributed by atoms with Gasteiger partial charge in [0.25, 0.3) is 0 Å². The van der Waals surface area contributed by atoms with E-state index < -0.39 is 16.1 Å². The molecule has 0 spiro atoms. The molecule has 8 saturated heterocycles. The number of likely N-dealkylation sites (tertiary alicyclic amines) is 1. The number of rotatable bonds is 22. The number of methoxy groups -OCH3 is 1. The van der Waals surface area contributed by atoms with Gasteiger partial charge in [-0.2, -0.15) is 47.0 Å². The number of carbonyl (C=O) groups is 4. The van der Waals surface area contributed by atoms with Gasteiger partial charge in [0.05, 0.1) is 23.3 Å². The van der Waals surface area contributed by atoms with E-state index in [1.54, 1.807) is 0 Å². The highest BCUT2D eigenvalue weighted by Gasteiger charge is 2.46.